The van der Waals surface area contributed by atoms with Gasteiger partial charge in [-0.2, -0.15) is 0 Å². The summed E-state index contributed by atoms with van der Waals surface area (Å²) in [6.07, 6.45) is 5.64. The van der Waals surface area contributed by atoms with E-state index < -0.39 is 12.1 Å². The van der Waals surface area contributed by atoms with Crippen LogP contribution in [0.1, 0.15) is 20.3 Å². The summed E-state index contributed by atoms with van der Waals surface area (Å²) in [6.45, 7) is 4.70. The highest BCUT2D eigenvalue weighted by atomic mass is 16.6. The van der Waals surface area contributed by atoms with Crippen molar-refractivity contribution in [1.29, 1.82) is 0 Å². The molecule has 1 heterocycles. The number of nitrogens with zero attached hydrogens (tertiary/aromatic N) is 1. The van der Waals surface area contributed by atoms with E-state index in [-0.39, 0.29) is 12.0 Å². The molecular weight excluding hydrogens is 234 g/mol. The number of rotatable bonds is 4. The van der Waals surface area contributed by atoms with Crippen LogP contribution in [0.4, 0.5) is 4.79 Å². The predicted octanol–water partition coefficient (Wildman–Crippen LogP) is 1.85. The van der Waals surface area contributed by atoms with E-state index in [1.165, 1.54) is 4.90 Å². The first kappa shape index (κ1) is 12.8. The molecule has 1 amide bonds. The van der Waals surface area contributed by atoms with Crippen LogP contribution in [-0.2, 0) is 14.3 Å². The molecule has 0 aromatic carbocycles. The molecule has 0 bridgehead atoms. The van der Waals surface area contributed by atoms with Crippen LogP contribution >= 0.6 is 0 Å². The van der Waals surface area contributed by atoms with Gasteiger partial charge in [-0.1, -0.05) is 12.2 Å². The van der Waals surface area contributed by atoms with E-state index >= 15 is 0 Å². The fourth-order valence-corrected chi connectivity index (χ4v) is 2.03. The number of carbonyl (C=O) groups is 2. The molecule has 1 atom stereocenters. The van der Waals surface area contributed by atoms with Crippen molar-refractivity contribution >= 4 is 12.1 Å². The van der Waals surface area contributed by atoms with Crippen molar-refractivity contribution in [2.75, 3.05) is 13.2 Å². The van der Waals surface area contributed by atoms with Crippen molar-refractivity contribution < 1.29 is 19.1 Å². The molecule has 18 heavy (non-hydrogen) atoms. The van der Waals surface area contributed by atoms with Crippen molar-refractivity contribution in [2.24, 2.45) is 5.92 Å². The molecule has 1 fully saturated rings. The lowest BCUT2D eigenvalue weighted by molar-refractivity contribution is -0.145. The van der Waals surface area contributed by atoms with Crippen molar-refractivity contribution in [1.82, 2.24) is 4.90 Å². The van der Waals surface area contributed by atoms with Gasteiger partial charge in [-0.05, 0) is 26.3 Å². The molecule has 2 rings (SSSR count). The molecule has 5 nitrogen and oxygen atoms in total. The zero-order valence-electron chi connectivity index (χ0n) is 10.6. The molecule has 0 aromatic heterocycles. The maximum Gasteiger partial charge on any atom is 0.421 e. The smallest absolute Gasteiger partial charge is 0.377 e. The molecule has 1 aliphatic carbocycles. The minimum Gasteiger partial charge on any atom is -0.377 e. The number of cyclic esters (lactones) is 2. The van der Waals surface area contributed by atoms with Crippen LogP contribution in [0.25, 0.3) is 0 Å². The second-order valence-corrected chi connectivity index (χ2v) is 4.57. The highest BCUT2D eigenvalue weighted by molar-refractivity contribution is 5.92. The standard InChI is InChI=1S/C13H17NO4/c1-9(2)17-8-7-14-11-6-4-3-5-10(11)12(15)18-13(14)16/h3-4,6,9-10H,5,7-8H2,1-2H3. The molecule has 2 aliphatic rings. The van der Waals surface area contributed by atoms with Crippen LogP contribution in [0, 0.1) is 5.92 Å². The highest BCUT2D eigenvalue weighted by Crippen LogP contribution is 2.29. The average molecular weight is 251 g/mol. The number of carbonyl (C=O) groups excluding carboxylic acids is 2. The maximum atomic E-state index is 11.7. The van der Waals surface area contributed by atoms with Gasteiger partial charge in [0.1, 0.15) is 5.92 Å². The van der Waals surface area contributed by atoms with Gasteiger partial charge in [-0.3, -0.25) is 9.69 Å². The zero-order valence-corrected chi connectivity index (χ0v) is 10.6. The molecule has 0 radical (unpaired) electrons. The number of hydrogen-bond acceptors (Lipinski definition) is 4. The molecule has 0 saturated carbocycles. The molecule has 0 spiro atoms. The summed E-state index contributed by atoms with van der Waals surface area (Å²) in [6, 6.07) is 0. The Morgan fingerprint density at radius 1 is 1.50 bits per heavy atom. The Morgan fingerprint density at radius 2 is 2.28 bits per heavy atom. The fourth-order valence-electron chi connectivity index (χ4n) is 2.03. The van der Waals surface area contributed by atoms with Gasteiger partial charge in [0.2, 0.25) is 0 Å². The molecular formula is C13H17NO4. The first-order chi connectivity index (χ1) is 8.59. The third kappa shape index (κ3) is 2.61. The van der Waals surface area contributed by atoms with E-state index in [0.29, 0.717) is 25.3 Å². The number of esters is 1. The first-order valence-corrected chi connectivity index (χ1v) is 6.11. The molecule has 0 aromatic rings. The Labute approximate surface area is 106 Å². The normalized spacial score (nSPS) is 22.9. The van der Waals surface area contributed by atoms with Gasteiger partial charge in [-0.15, -0.1) is 0 Å². The van der Waals surface area contributed by atoms with E-state index in [4.69, 9.17) is 9.47 Å². The van der Waals surface area contributed by atoms with Crippen molar-refractivity contribution in [3.8, 4) is 0 Å². The number of fused-ring (bicyclic) bond motifs is 1. The Bertz CT molecular complexity index is 411. The Balaban J connectivity index is 2.07. The lowest BCUT2D eigenvalue weighted by Gasteiger charge is -2.34. The largest absolute Gasteiger partial charge is 0.421 e. The molecule has 98 valence electrons. The third-order valence-corrected chi connectivity index (χ3v) is 2.90. The minimum atomic E-state index is -0.606. The SMILES string of the molecule is CC(C)OCCN1C(=O)OC(=O)C2CC=CC=C21. The lowest BCUT2D eigenvalue weighted by Crippen LogP contribution is -2.45. The van der Waals surface area contributed by atoms with Crippen molar-refractivity contribution in [3.63, 3.8) is 0 Å². The Morgan fingerprint density at radius 3 is 3.00 bits per heavy atom. The summed E-state index contributed by atoms with van der Waals surface area (Å²) in [5.41, 5.74) is 0.714. The third-order valence-electron chi connectivity index (χ3n) is 2.90. The Hall–Kier alpha value is -1.62. The molecule has 1 unspecified atom stereocenters. The van der Waals surface area contributed by atoms with Crippen LogP contribution < -0.4 is 0 Å². The van der Waals surface area contributed by atoms with Gasteiger partial charge >= 0.3 is 12.1 Å². The molecule has 5 heteroatoms. The van der Waals surface area contributed by atoms with E-state index in [1.54, 1.807) is 6.08 Å². The summed E-state index contributed by atoms with van der Waals surface area (Å²) in [7, 11) is 0. The number of ether oxygens (including phenoxy) is 2. The van der Waals surface area contributed by atoms with Crippen LogP contribution in [0.3, 0.4) is 0 Å². The van der Waals surface area contributed by atoms with E-state index in [1.807, 2.05) is 26.0 Å². The van der Waals surface area contributed by atoms with Gasteiger partial charge in [0, 0.05) is 5.70 Å². The van der Waals surface area contributed by atoms with Gasteiger partial charge in [0.15, 0.2) is 0 Å². The number of hydrogen-bond donors (Lipinski definition) is 0. The second kappa shape index (κ2) is 5.35. The molecule has 0 N–H and O–H groups in total. The van der Waals surface area contributed by atoms with Gasteiger partial charge < -0.3 is 9.47 Å². The van der Waals surface area contributed by atoms with Crippen LogP contribution in [0.15, 0.2) is 23.9 Å². The topological polar surface area (TPSA) is 55.8 Å². The maximum absolute atomic E-state index is 11.7. The first-order valence-electron chi connectivity index (χ1n) is 6.11. The average Bonchev–Trinajstić information content (AvgIpc) is 2.33. The van der Waals surface area contributed by atoms with Gasteiger partial charge in [-0.25, -0.2) is 4.79 Å². The number of allylic oxidation sites excluding steroid dienone is 3. The van der Waals surface area contributed by atoms with Crippen LogP contribution in [0.5, 0.6) is 0 Å². The summed E-state index contributed by atoms with van der Waals surface area (Å²) in [5.74, 6) is -0.816. The van der Waals surface area contributed by atoms with E-state index in [2.05, 4.69) is 0 Å². The molecule has 1 aliphatic heterocycles. The monoisotopic (exact) mass is 251 g/mol. The lowest BCUT2D eigenvalue weighted by atomic mass is 9.95. The minimum absolute atomic E-state index is 0.114. The summed E-state index contributed by atoms with van der Waals surface area (Å²) < 4.78 is 10.2. The number of amides is 1. The molecule has 1 saturated heterocycles. The summed E-state index contributed by atoms with van der Waals surface area (Å²) in [5, 5.41) is 0. The zero-order chi connectivity index (χ0) is 13.1. The van der Waals surface area contributed by atoms with E-state index in [9.17, 15) is 9.59 Å². The van der Waals surface area contributed by atoms with Crippen molar-refractivity contribution in [2.45, 2.75) is 26.4 Å². The summed E-state index contributed by atoms with van der Waals surface area (Å²) >= 11 is 0. The van der Waals surface area contributed by atoms with Crippen LogP contribution in [0.2, 0.25) is 0 Å². The quantitative estimate of drug-likeness (QED) is 0.565. The Kier molecular flexibility index (Phi) is 3.81. The van der Waals surface area contributed by atoms with E-state index in [0.717, 1.165) is 0 Å². The summed E-state index contributed by atoms with van der Waals surface area (Å²) in [4.78, 5) is 24.8. The van der Waals surface area contributed by atoms with Gasteiger partial charge in [0.05, 0.1) is 19.3 Å². The second-order valence-electron chi connectivity index (χ2n) is 4.57. The van der Waals surface area contributed by atoms with Gasteiger partial charge in [0.25, 0.3) is 0 Å². The highest BCUT2D eigenvalue weighted by Gasteiger charge is 2.38. The predicted molar refractivity (Wildman–Crippen MR) is 64.6 cm³/mol. The fraction of sp³-hybridized carbons (Fsp3) is 0.538. The van der Waals surface area contributed by atoms with Crippen LogP contribution in [-0.4, -0.2) is 36.2 Å². The van der Waals surface area contributed by atoms with Crippen molar-refractivity contribution in [3.05, 3.63) is 23.9 Å².